The summed E-state index contributed by atoms with van der Waals surface area (Å²) >= 11 is 16.8. The second kappa shape index (κ2) is 4.94. The highest BCUT2D eigenvalue weighted by atomic mass is 35.5. The number of nitrogens with two attached hydrogens (primary N) is 1. The van der Waals surface area contributed by atoms with E-state index in [-0.39, 0.29) is 20.8 Å². The van der Waals surface area contributed by atoms with E-state index in [0.717, 1.165) is 11.3 Å². The van der Waals surface area contributed by atoms with Crippen molar-refractivity contribution in [3.63, 3.8) is 0 Å². The third kappa shape index (κ3) is 3.54. The number of thiophene rings is 1. The maximum absolute atomic E-state index is 11.6. The van der Waals surface area contributed by atoms with E-state index in [1.165, 1.54) is 6.07 Å². The van der Waals surface area contributed by atoms with E-state index < -0.39 is 10.0 Å². The molecule has 0 aromatic carbocycles. The molecule has 0 bridgehead atoms. The van der Waals surface area contributed by atoms with Crippen LogP contribution in [-0.4, -0.2) is 20.0 Å². The fourth-order valence-electron chi connectivity index (χ4n) is 0.752. The normalized spacial score (nSPS) is 11.6. The molecule has 0 aliphatic heterocycles. The van der Waals surface area contributed by atoms with Crippen LogP contribution in [0.2, 0.25) is 8.67 Å². The monoisotopic (exact) mass is 304 g/mol. The summed E-state index contributed by atoms with van der Waals surface area (Å²) in [5.41, 5.74) is 5.17. The Labute approximate surface area is 106 Å². The zero-order valence-corrected chi connectivity index (χ0v) is 11.1. The number of thiocarbonyl (C=S) groups is 1. The molecule has 1 aromatic rings. The van der Waals surface area contributed by atoms with Crippen molar-refractivity contribution in [3.05, 3.63) is 14.7 Å². The number of rotatable bonds is 4. The van der Waals surface area contributed by atoms with Gasteiger partial charge in [0.1, 0.15) is 9.23 Å². The van der Waals surface area contributed by atoms with E-state index in [0.29, 0.717) is 4.34 Å². The molecule has 1 heterocycles. The molecule has 0 fully saturated rings. The van der Waals surface area contributed by atoms with Crippen LogP contribution in [0.4, 0.5) is 0 Å². The van der Waals surface area contributed by atoms with E-state index >= 15 is 0 Å². The van der Waals surface area contributed by atoms with Gasteiger partial charge in [0, 0.05) is 0 Å². The zero-order chi connectivity index (χ0) is 11.6. The van der Waals surface area contributed by atoms with Crippen LogP contribution >= 0.6 is 46.8 Å². The lowest BCUT2D eigenvalue weighted by atomic mass is 10.7. The lowest BCUT2D eigenvalue weighted by molar-refractivity contribution is 0.587. The summed E-state index contributed by atoms with van der Waals surface area (Å²) in [5, 5.41) is 0. The van der Waals surface area contributed by atoms with Gasteiger partial charge in [-0.1, -0.05) is 35.4 Å². The number of hydrogen-bond acceptors (Lipinski definition) is 4. The van der Waals surface area contributed by atoms with Gasteiger partial charge >= 0.3 is 0 Å². The maximum atomic E-state index is 11.6. The Morgan fingerprint density at radius 1 is 1.60 bits per heavy atom. The Hall–Kier alpha value is 0.0800. The smallest absolute Gasteiger partial charge is 0.243 e. The minimum atomic E-state index is -3.69. The van der Waals surface area contributed by atoms with Crippen LogP contribution in [0, 0.1) is 0 Å². The lowest BCUT2D eigenvalue weighted by Gasteiger charge is -2.03. The van der Waals surface area contributed by atoms with Crippen molar-refractivity contribution < 1.29 is 8.42 Å². The molecule has 15 heavy (non-hydrogen) atoms. The second-order valence-corrected chi connectivity index (χ2v) is 7.02. The van der Waals surface area contributed by atoms with E-state index in [4.69, 9.17) is 28.9 Å². The van der Waals surface area contributed by atoms with Gasteiger partial charge in [0.2, 0.25) is 10.0 Å². The predicted octanol–water partition coefficient (Wildman–Crippen LogP) is 1.62. The van der Waals surface area contributed by atoms with Crippen LogP contribution in [0.3, 0.4) is 0 Å². The molecule has 0 aliphatic rings. The quantitative estimate of drug-likeness (QED) is 0.829. The van der Waals surface area contributed by atoms with E-state index in [9.17, 15) is 8.42 Å². The Morgan fingerprint density at radius 3 is 2.60 bits per heavy atom. The first-order valence-corrected chi connectivity index (χ1v) is 7.02. The second-order valence-electron chi connectivity index (χ2n) is 2.48. The van der Waals surface area contributed by atoms with Crippen LogP contribution < -0.4 is 10.5 Å². The molecule has 0 aliphatic carbocycles. The van der Waals surface area contributed by atoms with Crippen LogP contribution in [0.25, 0.3) is 0 Å². The van der Waals surface area contributed by atoms with Crippen molar-refractivity contribution in [3.8, 4) is 0 Å². The summed E-state index contributed by atoms with van der Waals surface area (Å²) in [5.74, 6) is 0. The Kier molecular flexibility index (Phi) is 4.33. The Balaban J connectivity index is 2.96. The summed E-state index contributed by atoms with van der Waals surface area (Å²) in [6, 6.07) is 1.27. The third-order valence-electron chi connectivity index (χ3n) is 1.35. The fourth-order valence-corrected chi connectivity index (χ4v) is 4.07. The lowest BCUT2D eigenvalue weighted by Crippen LogP contribution is -2.32. The minimum absolute atomic E-state index is 0.0519. The van der Waals surface area contributed by atoms with E-state index in [2.05, 4.69) is 16.9 Å². The first-order valence-electron chi connectivity index (χ1n) is 3.56. The molecular weight excluding hydrogens is 299 g/mol. The van der Waals surface area contributed by atoms with Gasteiger partial charge in [0.15, 0.2) is 0 Å². The molecule has 0 atom stereocenters. The van der Waals surface area contributed by atoms with Crippen LogP contribution in [0.1, 0.15) is 0 Å². The molecule has 84 valence electrons. The van der Waals surface area contributed by atoms with E-state index in [1.807, 2.05) is 0 Å². The van der Waals surface area contributed by atoms with Gasteiger partial charge in [-0.2, -0.15) is 0 Å². The topological polar surface area (TPSA) is 72.2 Å². The molecule has 0 amide bonds. The standard InChI is InChI=1S/C6H6Cl2N2O2S3/c7-4-1-3(6(8)14-4)15(11,12)10-2-5(9)13/h1,10H,2H2,(H2,9,13). The molecular formula is C6H6Cl2N2O2S3. The minimum Gasteiger partial charge on any atom is -0.392 e. The SMILES string of the molecule is NC(=S)CNS(=O)(=O)c1cc(Cl)sc1Cl. The highest BCUT2D eigenvalue weighted by molar-refractivity contribution is 7.90. The molecule has 1 rings (SSSR count). The summed E-state index contributed by atoms with van der Waals surface area (Å²) in [4.78, 5) is -0.00793. The van der Waals surface area contributed by atoms with Crippen molar-refractivity contribution in [2.45, 2.75) is 4.90 Å². The molecule has 1 aromatic heterocycles. The van der Waals surface area contributed by atoms with Gasteiger partial charge in [0.25, 0.3) is 0 Å². The third-order valence-corrected chi connectivity index (χ3v) is 4.65. The summed E-state index contributed by atoms with van der Waals surface area (Å²) in [6.45, 7) is -0.110. The zero-order valence-electron chi connectivity index (χ0n) is 7.16. The fraction of sp³-hybridized carbons (Fsp3) is 0.167. The molecule has 0 unspecified atom stereocenters. The molecule has 0 saturated heterocycles. The average molecular weight is 305 g/mol. The van der Waals surface area contributed by atoms with Gasteiger partial charge in [-0.05, 0) is 6.07 Å². The van der Waals surface area contributed by atoms with Crippen molar-refractivity contribution in [2.75, 3.05) is 6.54 Å². The summed E-state index contributed by atoms with van der Waals surface area (Å²) in [7, 11) is -3.69. The first kappa shape index (κ1) is 13.1. The summed E-state index contributed by atoms with van der Waals surface area (Å²) in [6.07, 6.45) is 0. The van der Waals surface area contributed by atoms with Crippen molar-refractivity contribution >= 4 is 61.8 Å². The van der Waals surface area contributed by atoms with Crippen molar-refractivity contribution in [2.24, 2.45) is 5.73 Å². The maximum Gasteiger partial charge on any atom is 0.243 e. The largest absolute Gasteiger partial charge is 0.392 e. The highest BCUT2D eigenvalue weighted by Gasteiger charge is 2.20. The van der Waals surface area contributed by atoms with Gasteiger partial charge in [0.05, 0.1) is 15.9 Å². The van der Waals surface area contributed by atoms with Crippen LogP contribution in [-0.2, 0) is 10.0 Å². The van der Waals surface area contributed by atoms with Crippen molar-refractivity contribution in [1.82, 2.24) is 4.72 Å². The van der Waals surface area contributed by atoms with Crippen LogP contribution in [0.5, 0.6) is 0 Å². The highest BCUT2D eigenvalue weighted by Crippen LogP contribution is 2.33. The molecule has 0 radical (unpaired) electrons. The van der Waals surface area contributed by atoms with Crippen LogP contribution in [0.15, 0.2) is 11.0 Å². The van der Waals surface area contributed by atoms with Gasteiger partial charge in [-0.15, -0.1) is 11.3 Å². The first-order chi connectivity index (χ1) is 6.83. The molecule has 0 spiro atoms. The number of sulfonamides is 1. The molecule has 9 heteroatoms. The van der Waals surface area contributed by atoms with Gasteiger partial charge < -0.3 is 5.73 Å². The number of nitrogens with one attached hydrogen (secondary N) is 1. The van der Waals surface area contributed by atoms with E-state index in [1.54, 1.807) is 0 Å². The van der Waals surface area contributed by atoms with Gasteiger partial charge in [-0.25, -0.2) is 13.1 Å². The Morgan fingerprint density at radius 2 is 2.20 bits per heavy atom. The molecule has 3 N–H and O–H groups in total. The van der Waals surface area contributed by atoms with Crippen molar-refractivity contribution in [1.29, 1.82) is 0 Å². The average Bonchev–Trinajstić information content (AvgIpc) is 2.43. The van der Waals surface area contributed by atoms with Gasteiger partial charge in [-0.3, -0.25) is 0 Å². The predicted molar refractivity (Wildman–Crippen MR) is 66.3 cm³/mol. The molecule has 4 nitrogen and oxygen atoms in total. The number of halogens is 2. The Bertz CT molecular complexity index is 483. The molecule has 0 saturated carbocycles. The summed E-state index contributed by atoms with van der Waals surface area (Å²) < 4.78 is 25.8. The number of hydrogen-bond donors (Lipinski definition) is 2.